The standard InChI is InChI=1S/C22H18ClFN2O2S/c23-17-6-1-4-15(10-17)13-26(22(27)21-8-3-9-29-21)14-19-12-20(25-28-19)16-5-2-7-18(24)11-16/h1-11,19H,12-14H2/t19-/m0/s1. The number of rotatable bonds is 6. The van der Waals surface area contributed by atoms with E-state index in [1.807, 2.05) is 35.7 Å². The molecule has 1 aromatic heterocycles. The van der Waals surface area contributed by atoms with Crippen molar-refractivity contribution in [1.29, 1.82) is 0 Å². The van der Waals surface area contributed by atoms with Crippen LogP contribution in [0.5, 0.6) is 0 Å². The Balaban J connectivity index is 1.49. The van der Waals surface area contributed by atoms with Crippen LogP contribution in [0.15, 0.2) is 71.2 Å². The molecule has 3 aromatic rings. The van der Waals surface area contributed by atoms with E-state index in [0.29, 0.717) is 40.7 Å². The van der Waals surface area contributed by atoms with Gasteiger partial charge in [0.2, 0.25) is 0 Å². The molecule has 1 aliphatic rings. The SMILES string of the molecule is O=C(c1cccs1)N(Cc1cccc(Cl)c1)C[C@@H]1CC(c2cccc(F)c2)=NO1. The van der Waals surface area contributed by atoms with E-state index in [1.54, 1.807) is 23.1 Å². The summed E-state index contributed by atoms with van der Waals surface area (Å²) in [5.41, 5.74) is 2.31. The predicted octanol–water partition coefficient (Wildman–Crippen LogP) is 5.38. The van der Waals surface area contributed by atoms with Crippen molar-refractivity contribution in [3.05, 3.63) is 92.9 Å². The minimum absolute atomic E-state index is 0.0669. The maximum atomic E-state index is 13.5. The van der Waals surface area contributed by atoms with Gasteiger partial charge < -0.3 is 9.74 Å². The highest BCUT2D eigenvalue weighted by molar-refractivity contribution is 7.12. The zero-order valence-electron chi connectivity index (χ0n) is 15.4. The lowest BCUT2D eigenvalue weighted by molar-refractivity contribution is 0.0408. The molecule has 0 aliphatic carbocycles. The van der Waals surface area contributed by atoms with Crippen molar-refractivity contribution >= 4 is 34.6 Å². The molecule has 4 rings (SSSR count). The van der Waals surface area contributed by atoms with Gasteiger partial charge in [-0.15, -0.1) is 11.3 Å². The molecule has 1 amide bonds. The average Bonchev–Trinajstić information content (AvgIpc) is 3.39. The summed E-state index contributed by atoms with van der Waals surface area (Å²) in [5, 5.41) is 6.62. The van der Waals surface area contributed by atoms with Crippen LogP contribution in [0.3, 0.4) is 0 Å². The van der Waals surface area contributed by atoms with Gasteiger partial charge in [0.25, 0.3) is 5.91 Å². The largest absolute Gasteiger partial charge is 0.390 e. The van der Waals surface area contributed by atoms with Crippen LogP contribution in [-0.4, -0.2) is 29.2 Å². The van der Waals surface area contributed by atoms with Crippen molar-refractivity contribution < 1.29 is 14.0 Å². The normalized spacial score (nSPS) is 15.7. The second kappa shape index (κ2) is 8.76. The van der Waals surface area contributed by atoms with Gasteiger partial charge in [0.15, 0.2) is 6.10 Å². The number of hydrogen-bond donors (Lipinski definition) is 0. The van der Waals surface area contributed by atoms with Crippen molar-refractivity contribution in [3.8, 4) is 0 Å². The molecule has 0 unspecified atom stereocenters. The van der Waals surface area contributed by atoms with E-state index in [-0.39, 0.29) is 17.8 Å². The van der Waals surface area contributed by atoms with Gasteiger partial charge in [-0.2, -0.15) is 0 Å². The number of carbonyl (C=O) groups excluding carboxylic acids is 1. The van der Waals surface area contributed by atoms with Gasteiger partial charge in [-0.25, -0.2) is 4.39 Å². The molecule has 0 radical (unpaired) electrons. The molecule has 1 aliphatic heterocycles. The first kappa shape index (κ1) is 19.6. The first-order valence-corrected chi connectivity index (χ1v) is 10.4. The molecule has 0 spiro atoms. The Hall–Kier alpha value is -2.70. The van der Waals surface area contributed by atoms with Gasteiger partial charge >= 0.3 is 0 Å². The third-order valence-corrected chi connectivity index (χ3v) is 5.69. The van der Waals surface area contributed by atoms with Gasteiger partial charge in [-0.05, 0) is 41.3 Å². The maximum absolute atomic E-state index is 13.5. The van der Waals surface area contributed by atoms with Crippen molar-refractivity contribution in [2.24, 2.45) is 5.16 Å². The Morgan fingerprint density at radius 1 is 1.21 bits per heavy atom. The van der Waals surface area contributed by atoms with E-state index < -0.39 is 0 Å². The molecule has 0 saturated carbocycles. The number of nitrogens with zero attached hydrogens (tertiary/aromatic N) is 2. The van der Waals surface area contributed by atoms with Crippen molar-refractivity contribution in [2.75, 3.05) is 6.54 Å². The summed E-state index contributed by atoms with van der Waals surface area (Å²) in [6.07, 6.45) is 0.212. The summed E-state index contributed by atoms with van der Waals surface area (Å²) in [6.45, 7) is 0.776. The Kier molecular flexibility index (Phi) is 5.92. The molecule has 2 heterocycles. The maximum Gasteiger partial charge on any atom is 0.264 e. The molecule has 148 valence electrons. The van der Waals surface area contributed by atoms with E-state index >= 15 is 0 Å². The lowest BCUT2D eigenvalue weighted by Gasteiger charge is -2.24. The van der Waals surface area contributed by atoms with Gasteiger partial charge in [-0.1, -0.05) is 47.1 Å². The van der Waals surface area contributed by atoms with Crippen LogP contribution >= 0.6 is 22.9 Å². The summed E-state index contributed by atoms with van der Waals surface area (Å²) in [4.78, 5) is 21.0. The van der Waals surface area contributed by atoms with Crippen LogP contribution in [0.2, 0.25) is 5.02 Å². The van der Waals surface area contributed by atoms with E-state index in [9.17, 15) is 9.18 Å². The first-order valence-electron chi connectivity index (χ1n) is 9.14. The zero-order chi connectivity index (χ0) is 20.2. The van der Waals surface area contributed by atoms with Gasteiger partial charge in [-0.3, -0.25) is 4.79 Å². The summed E-state index contributed by atoms with van der Waals surface area (Å²) in [6, 6.07) is 17.4. The summed E-state index contributed by atoms with van der Waals surface area (Å²) < 4.78 is 13.5. The molecule has 0 bridgehead atoms. The smallest absolute Gasteiger partial charge is 0.264 e. The third kappa shape index (κ3) is 4.83. The van der Waals surface area contributed by atoms with Gasteiger partial charge in [0.1, 0.15) is 5.82 Å². The highest BCUT2D eigenvalue weighted by Gasteiger charge is 2.28. The molecule has 0 fully saturated rings. The highest BCUT2D eigenvalue weighted by atomic mass is 35.5. The first-order chi connectivity index (χ1) is 14.1. The lowest BCUT2D eigenvalue weighted by atomic mass is 10.0. The number of carbonyl (C=O) groups is 1. The number of amides is 1. The monoisotopic (exact) mass is 428 g/mol. The molecular formula is C22H18ClFN2O2S. The number of halogens is 2. The van der Waals surface area contributed by atoms with E-state index in [4.69, 9.17) is 16.4 Å². The van der Waals surface area contributed by atoms with Crippen molar-refractivity contribution in [1.82, 2.24) is 4.90 Å². The van der Waals surface area contributed by atoms with Crippen LogP contribution in [0.1, 0.15) is 27.2 Å². The quantitative estimate of drug-likeness (QED) is 0.529. The van der Waals surface area contributed by atoms with Crippen LogP contribution in [0.25, 0.3) is 0 Å². The topological polar surface area (TPSA) is 41.9 Å². The Labute approximate surface area is 177 Å². The Morgan fingerprint density at radius 3 is 2.83 bits per heavy atom. The van der Waals surface area contributed by atoms with E-state index in [0.717, 1.165) is 5.56 Å². The Bertz CT molecular complexity index is 1040. The molecular weight excluding hydrogens is 411 g/mol. The number of hydrogen-bond acceptors (Lipinski definition) is 4. The minimum atomic E-state index is -0.316. The fourth-order valence-electron chi connectivity index (χ4n) is 3.24. The van der Waals surface area contributed by atoms with Gasteiger partial charge in [0, 0.05) is 23.6 Å². The zero-order valence-corrected chi connectivity index (χ0v) is 17.0. The van der Waals surface area contributed by atoms with Crippen molar-refractivity contribution in [2.45, 2.75) is 19.1 Å². The van der Waals surface area contributed by atoms with Crippen LogP contribution in [0.4, 0.5) is 4.39 Å². The van der Waals surface area contributed by atoms with Gasteiger partial charge in [0.05, 0.1) is 17.1 Å². The van der Waals surface area contributed by atoms with Crippen molar-refractivity contribution in [3.63, 3.8) is 0 Å². The number of oxime groups is 1. The molecule has 0 N–H and O–H groups in total. The molecule has 29 heavy (non-hydrogen) atoms. The second-order valence-electron chi connectivity index (χ2n) is 6.77. The molecule has 0 saturated heterocycles. The molecule has 7 heteroatoms. The molecule has 2 aromatic carbocycles. The third-order valence-electron chi connectivity index (χ3n) is 4.60. The van der Waals surface area contributed by atoms with Crippen LogP contribution < -0.4 is 0 Å². The fourth-order valence-corrected chi connectivity index (χ4v) is 4.15. The van der Waals surface area contributed by atoms with E-state index in [2.05, 4.69) is 5.16 Å². The number of thiophene rings is 1. The predicted molar refractivity (Wildman–Crippen MR) is 113 cm³/mol. The molecule has 1 atom stereocenters. The second-order valence-corrected chi connectivity index (χ2v) is 8.16. The lowest BCUT2D eigenvalue weighted by Crippen LogP contribution is -2.37. The summed E-state index contributed by atoms with van der Waals surface area (Å²) in [5.74, 6) is -0.383. The minimum Gasteiger partial charge on any atom is -0.390 e. The highest BCUT2D eigenvalue weighted by Crippen LogP contribution is 2.22. The Morgan fingerprint density at radius 2 is 2.07 bits per heavy atom. The van der Waals surface area contributed by atoms with Crippen LogP contribution in [-0.2, 0) is 11.4 Å². The average molecular weight is 429 g/mol. The fraction of sp³-hybridized carbons (Fsp3) is 0.182. The van der Waals surface area contributed by atoms with E-state index in [1.165, 1.54) is 23.5 Å². The van der Waals surface area contributed by atoms with Crippen LogP contribution in [0, 0.1) is 5.82 Å². The summed E-state index contributed by atoms with van der Waals surface area (Å²) in [7, 11) is 0. The summed E-state index contributed by atoms with van der Waals surface area (Å²) >= 11 is 7.50. The molecule has 4 nitrogen and oxygen atoms in total. The number of benzene rings is 2.